The predicted octanol–water partition coefficient (Wildman–Crippen LogP) is 3.32. The Morgan fingerprint density at radius 1 is 1.30 bits per heavy atom. The van der Waals surface area contributed by atoms with E-state index in [4.69, 9.17) is 22.1 Å². The highest BCUT2D eigenvalue weighted by Gasteiger charge is 2.11. The largest absolute Gasteiger partial charge is 0.497 e. The molecule has 1 amide bonds. The summed E-state index contributed by atoms with van der Waals surface area (Å²) in [5.74, 6) is -0.544. The lowest BCUT2D eigenvalue weighted by Crippen LogP contribution is -2.13. The fourth-order valence-corrected chi connectivity index (χ4v) is 1.73. The summed E-state index contributed by atoms with van der Waals surface area (Å²) < 4.78 is 18.3. The molecule has 4 nitrogen and oxygen atoms in total. The molecule has 0 heterocycles. The van der Waals surface area contributed by atoms with Gasteiger partial charge in [-0.15, -0.1) is 0 Å². The lowest BCUT2D eigenvalue weighted by atomic mass is 10.2. The van der Waals surface area contributed by atoms with Crippen molar-refractivity contribution in [2.45, 2.75) is 0 Å². The predicted molar refractivity (Wildman–Crippen MR) is 76.8 cm³/mol. The second kappa shape index (κ2) is 5.79. The number of hydrogen-bond acceptors (Lipinski definition) is 3. The van der Waals surface area contributed by atoms with Crippen LogP contribution in [-0.4, -0.2) is 13.0 Å². The van der Waals surface area contributed by atoms with Gasteiger partial charge in [-0.05, 0) is 30.3 Å². The molecule has 0 radical (unpaired) electrons. The highest BCUT2D eigenvalue weighted by molar-refractivity contribution is 6.30. The average Bonchev–Trinajstić information content (AvgIpc) is 2.43. The maximum Gasteiger partial charge on any atom is 0.255 e. The Labute approximate surface area is 120 Å². The van der Waals surface area contributed by atoms with Gasteiger partial charge in [0, 0.05) is 11.6 Å². The van der Waals surface area contributed by atoms with Crippen molar-refractivity contribution >= 4 is 28.9 Å². The van der Waals surface area contributed by atoms with Crippen molar-refractivity contribution in [2.24, 2.45) is 0 Å². The molecule has 0 saturated heterocycles. The minimum Gasteiger partial charge on any atom is -0.497 e. The highest BCUT2D eigenvalue weighted by Crippen LogP contribution is 2.25. The van der Waals surface area contributed by atoms with Crippen LogP contribution in [0.2, 0.25) is 5.02 Å². The van der Waals surface area contributed by atoms with Crippen LogP contribution in [0.15, 0.2) is 36.4 Å². The van der Waals surface area contributed by atoms with Gasteiger partial charge in [0.25, 0.3) is 5.91 Å². The van der Waals surface area contributed by atoms with Gasteiger partial charge in [0.15, 0.2) is 0 Å². The Balaban J connectivity index is 2.21. The van der Waals surface area contributed by atoms with E-state index in [0.29, 0.717) is 17.1 Å². The summed E-state index contributed by atoms with van der Waals surface area (Å²) in [5.41, 5.74) is 6.72. The molecule has 0 fully saturated rings. The van der Waals surface area contributed by atoms with Crippen LogP contribution in [0.25, 0.3) is 0 Å². The molecule has 2 rings (SSSR count). The minimum atomic E-state index is -0.651. The standard InChI is InChI=1S/C14H12ClFN2O2/c1-20-9-3-5-13(12(17)7-9)18-14(19)8-2-4-10(15)11(16)6-8/h2-7H,17H2,1H3,(H,18,19). The molecule has 0 spiro atoms. The second-order valence-corrected chi connectivity index (χ2v) is 4.44. The molecule has 0 unspecified atom stereocenters. The van der Waals surface area contributed by atoms with Crippen LogP contribution >= 0.6 is 11.6 Å². The van der Waals surface area contributed by atoms with E-state index in [-0.39, 0.29) is 10.6 Å². The fourth-order valence-electron chi connectivity index (χ4n) is 1.61. The molecule has 0 aromatic heterocycles. The quantitative estimate of drug-likeness (QED) is 0.854. The lowest BCUT2D eigenvalue weighted by Gasteiger charge is -2.10. The summed E-state index contributed by atoms with van der Waals surface area (Å²) in [5, 5.41) is 2.56. The molecule has 0 aliphatic rings. The first-order chi connectivity index (χ1) is 9.51. The van der Waals surface area contributed by atoms with Crippen LogP contribution in [0, 0.1) is 5.82 Å². The van der Waals surface area contributed by atoms with Crippen molar-refractivity contribution in [1.29, 1.82) is 0 Å². The summed E-state index contributed by atoms with van der Waals surface area (Å²) in [6, 6.07) is 8.67. The van der Waals surface area contributed by atoms with Crippen molar-refractivity contribution in [1.82, 2.24) is 0 Å². The summed E-state index contributed by atoms with van der Waals surface area (Å²) in [7, 11) is 1.52. The monoisotopic (exact) mass is 294 g/mol. The summed E-state index contributed by atoms with van der Waals surface area (Å²) >= 11 is 5.56. The number of carbonyl (C=O) groups is 1. The number of amides is 1. The van der Waals surface area contributed by atoms with Gasteiger partial charge in [-0.2, -0.15) is 0 Å². The van der Waals surface area contributed by atoms with E-state index in [1.807, 2.05) is 0 Å². The van der Waals surface area contributed by atoms with Crippen LogP contribution in [0.3, 0.4) is 0 Å². The maximum atomic E-state index is 13.3. The zero-order valence-corrected chi connectivity index (χ0v) is 11.4. The van der Waals surface area contributed by atoms with Crippen LogP contribution in [0.4, 0.5) is 15.8 Å². The first-order valence-corrected chi connectivity index (χ1v) is 6.09. The van der Waals surface area contributed by atoms with Gasteiger partial charge in [-0.1, -0.05) is 11.6 Å². The number of rotatable bonds is 3. The molecule has 0 saturated carbocycles. The van der Waals surface area contributed by atoms with Crippen molar-refractivity contribution in [3.05, 3.63) is 52.8 Å². The number of nitrogens with one attached hydrogen (secondary N) is 1. The molecule has 0 atom stereocenters. The Bertz CT molecular complexity index is 662. The number of benzene rings is 2. The van der Waals surface area contributed by atoms with Gasteiger partial charge in [-0.3, -0.25) is 4.79 Å². The number of ether oxygens (including phenoxy) is 1. The third kappa shape index (κ3) is 3.00. The lowest BCUT2D eigenvalue weighted by molar-refractivity contribution is 0.102. The van der Waals surface area contributed by atoms with E-state index in [2.05, 4.69) is 5.32 Å². The number of nitrogen functional groups attached to an aromatic ring is 1. The average molecular weight is 295 g/mol. The van der Waals surface area contributed by atoms with Gasteiger partial charge >= 0.3 is 0 Å². The summed E-state index contributed by atoms with van der Waals surface area (Å²) in [6.45, 7) is 0. The molecule has 0 aliphatic carbocycles. The first kappa shape index (κ1) is 14.1. The van der Waals surface area contributed by atoms with Crippen LogP contribution in [0.5, 0.6) is 5.75 Å². The van der Waals surface area contributed by atoms with Crippen LogP contribution in [-0.2, 0) is 0 Å². The van der Waals surface area contributed by atoms with Gasteiger partial charge in [0.1, 0.15) is 11.6 Å². The third-order valence-corrected chi connectivity index (χ3v) is 3.00. The fraction of sp³-hybridized carbons (Fsp3) is 0.0714. The number of carbonyl (C=O) groups excluding carboxylic acids is 1. The topological polar surface area (TPSA) is 64.3 Å². The van der Waals surface area contributed by atoms with E-state index in [1.54, 1.807) is 18.2 Å². The number of halogens is 2. The minimum absolute atomic E-state index is 0.0366. The summed E-state index contributed by atoms with van der Waals surface area (Å²) in [4.78, 5) is 12.0. The Morgan fingerprint density at radius 2 is 2.05 bits per heavy atom. The maximum absolute atomic E-state index is 13.3. The molecule has 2 aromatic rings. The highest BCUT2D eigenvalue weighted by atomic mass is 35.5. The first-order valence-electron chi connectivity index (χ1n) is 5.71. The smallest absolute Gasteiger partial charge is 0.255 e. The van der Waals surface area contributed by atoms with Crippen molar-refractivity contribution in [3.8, 4) is 5.75 Å². The molecule has 0 bridgehead atoms. The Kier molecular flexibility index (Phi) is 4.10. The normalized spacial score (nSPS) is 10.2. The molecular weight excluding hydrogens is 283 g/mol. The second-order valence-electron chi connectivity index (χ2n) is 4.04. The zero-order valence-electron chi connectivity index (χ0n) is 10.6. The molecular formula is C14H12ClFN2O2. The molecule has 2 aromatic carbocycles. The number of methoxy groups -OCH3 is 1. The number of hydrogen-bond donors (Lipinski definition) is 2. The van der Waals surface area contributed by atoms with Gasteiger partial charge in [0.05, 0.1) is 23.5 Å². The van der Waals surface area contributed by atoms with Gasteiger partial charge < -0.3 is 15.8 Å². The third-order valence-electron chi connectivity index (χ3n) is 2.69. The van der Waals surface area contributed by atoms with Crippen molar-refractivity contribution < 1.29 is 13.9 Å². The molecule has 6 heteroatoms. The van der Waals surface area contributed by atoms with E-state index in [1.165, 1.54) is 19.2 Å². The van der Waals surface area contributed by atoms with Crippen molar-refractivity contribution in [3.63, 3.8) is 0 Å². The van der Waals surface area contributed by atoms with Crippen molar-refractivity contribution in [2.75, 3.05) is 18.2 Å². The number of anilines is 2. The van der Waals surface area contributed by atoms with Crippen LogP contribution in [0.1, 0.15) is 10.4 Å². The summed E-state index contributed by atoms with van der Waals surface area (Å²) in [6.07, 6.45) is 0. The Hall–Kier alpha value is -2.27. The van der Waals surface area contributed by atoms with E-state index < -0.39 is 11.7 Å². The molecule has 0 aliphatic heterocycles. The number of nitrogens with two attached hydrogens (primary N) is 1. The Morgan fingerprint density at radius 3 is 2.65 bits per heavy atom. The van der Waals surface area contributed by atoms with Crippen LogP contribution < -0.4 is 15.8 Å². The van der Waals surface area contributed by atoms with E-state index in [9.17, 15) is 9.18 Å². The molecule has 20 heavy (non-hydrogen) atoms. The van der Waals surface area contributed by atoms with E-state index >= 15 is 0 Å². The molecule has 3 N–H and O–H groups in total. The zero-order chi connectivity index (χ0) is 14.7. The van der Waals surface area contributed by atoms with Gasteiger partial charge in [0.2, 0.25) is 0 Å². The van der Waals surface area contributed by atoms with Gasteiger partial charge in [-0.25, -0.2) is 4.39 Å². The SMILES string of the molecule is COc1ccc(NC(=O)c2ccc(Cl)c(F)c2)c(N)c1. The molecule has 104 valence electrons. The van der Waals surface area contributed by atoms with E-state index in [0.717, 1.165) is 6.07 Å².